The van der Waals surface area contributed by atoms with Gasteiger partial charge in [0.1, 0.15) is 5.82 Å². The van der Waals surface area contributed by atoms with E-state index in [9.17, 15) is 0 Å². The predicted molar refractivity (Wildman–Crippen MR) is 73.6 cm³/mol. The Morgan fingerprint density at radius 3 is 2.88 bits per heavy atom. The van der Waals surface area contributed by atoms with Gasteiger partial charge in [-0.15, -0.1) is 18.2 Å². The van der Waals surface area contributed by atoms with Crippen LogP contribution in [-0.2, 0) is 13.0 Å². The molecule has 1 unspecified atom stereocenters. The number of allylic oxidation sites excluding steroid dienone is 1. The van der Waals surface area contributed by atoms with Crippen molar-refractivity contribution in [3.8, 4) is 0 Å². The molecule has 2 nitrogen and oxygen atoms in total. The molecule has 0 amide bonds. The lowest BCUT2D eigenvalue weighted by Gasteiger charge is -2.07. The molecule has 0 fully saturated rings. The van der Waals surface area contributed by atoms with Crippen LogP contribution in [0.3, 0.4) is 0 Å². The molecule has 0 radical (unpaired) electrons. The topological polar surface area (TPSA) is 17.8 Å². The Morgan fingerprint density at radius 2 is 2.29 bits per heavy atom. The van der Waals surface area contributed by atoms with E-state index in [1.54, 1.807) is 0 Å². The lowest BCUT2D eigenvalue weighted by Crippen LogP contribution is -2.02. The third-order valence-electron chi connectivity index (χ3n) is 2.92. The van der Waals surface area contributed by atoms with E-state index in [4.69, 9.17) is 11.6 Å². The maximum atomic E-state index is 6.17. The number of hydrogen-bond acceptors (Lipinski definition) is 1. The smallest absolute Gasteiger partial charge is 0.128 e. The van der Waals surface area contributed by atoms with Crippen molar-refractivity contribution in [2.45, 2.75) is 32.2 Å². The lowest BCUT2D eigenvalue weighted by atomic mass is 10.1. The van der Waals surface area contributed by atoms with E-state index < -0.39 is 0 Å². The molecule has 0 saturated carbocycles. The minimum atomic E-state index is -0.0903. The van der Waals surface area contributed by atoms with Crippen molar-refractivity contribution in [3.63, 3.8) is 0 Å². The van der Waals surface area contributed by atoms with E-state index >= 15 is 0 Å². The first-order valence-corrected chi connectivity index (χ1v) is 6.35. The van der Waals surface area contributed by atoms with Gasteiger partial charge >= 0.3 is 0 Å². The minimum absolute atomic E-state index is 0.0903. The fourth-order valence-corrected chi connectivity index (χ4v) is 2.21. The molecule has 0 bridgehead atoms. The van der Waals surface area contributed by atoms with E-state index in [1.807, 2.05) is 13.0 Å². The molecule has 1 atom stereocenters. The van der Waals surface area contributed by atoms with Gasteiger partial charge in [0.2, 0.25) is 0 Å². The molecule has 90 valence electrons. The average Bonchev–Trinajstić information content (AvgIpc) is 2.68. The molecule has 1 heterocycles. The van der Waals surface area contributed by atoms with E-state index in [-0.39, 0.29) is 5.38 Å². The maximum Gasteiger partial charge on any atom is 0.128 e. The summed E-state index contributed by atoms with van der Waals surface area (Å²) < 4.78 is 2.12. The van der Waals surface area contributed by atoms with Crippen LogP contribution in [-0.4, -0.2) is 9.55 Å². The highest BCUT2D eigenvalue weighted by Gasteiger charge is 2.13. The number of benzene rings is 1. The van der Waals surface area contributed by atoms with Crippen LogP contribution in [0.25, 0.3) is 11.0 Å². The van der Waals surface area contributed by atoms with Crippen LogP contribution in [0.5, 0.6) is 0 Å². The molecule has 0 spiro atoms. The molecule has 17 heavy (non-hydrogen) atoms. The molecular formula is C14H17ClN2. The number of aromatic nitrogens is 2. The van der Waals surface area contributed by atoms with Gasteiger partial charge in [0.15, 0.2) is 0 Å². The second-order valence-corrected chi connectivity index (χ2v) is 4.82. The highest BCUT2D eigenvalue weighted by Crippen LogP contribution is 2.25. The molecule has 0 saturated heterocycles. The van der Waals surface area contributed by atoms with E-state index in [2.05, 4.69) is 41.3 Å². The Bertz CT molecular complexity index is 540. The van der Waals surface area contributed by atoms with Gasteiger partial charge in [0, 0.05) is 6.54 Å². The summed E-state index contributed by atoms with van der Waals surface area (Å²) >= 11 is 6.17. The van der Waals surface area contributed by atoms with Gasteiger partial charge in [-0.2, -0.15) is 0 Å². The Labute approximate surface area is 107 Å². The van der Waals surface area contributed by atoms with Crippen LogP contribution in [0.1, 0.15) is 30.6 Å². The summed E-state index contributed by atoms with van der Waals surface area (Å²) in [6, 6.07) is 6.40. The first-order chi connectivity index (χ1) is 8.17. The third-order valence-corrected chi connectivity index (χ3v) is 3.11. The molecule has 0 aliphatic carbocycles. The highest BCUT2D eigenvalue weighted by molar-refractivity contribution is 6.20. The first-order valence-electron chi connectivity index (χ1n) is 5.91. The number of nitrogens with zero attached hydrogens (tertiary/aromatic N) is 2. The van der Waals surface area contributed by atoms with Crippen molar-refractivity contribution in [2.24, 2.45) is 0 Å². The average molecular weight is 249 g/mol. The first kappa shape index (κ1) is 12.2. The zero-order valence-electron chi connectivity index (χ0n) is 10.3. The summed E-state index contributed by atoms with van der Waals surface area (Å²) in [5, 5.41) is -0.0903. The molecule has 0 N–H and O–H groups in total. The molecule has 2 rings (SSSR count). The summed E-state index contributed by atoms with van der Waals surface area (Å²) in [4.78, 5) is 4.62. The van der Waals surface area contributed by atoms with Gasteiger partial charge in [-0.3, -0.25) is 0 Å². The molecule has 1 aromatic heterocycles. The number of fused-ring (bicyclic) bond motifs is 1. The van der Waals surface area contributed by atoms with Crippen molar-refractivity contribution < 1.29 is 0 Å². The van der Waals surface area contributed by atoms with Gasteiger partial charge in [-0.1, -0.05) is 19.1 Å². The van der Waals surface area contributed by atoms with E-state index in [1.165, 1.54) is 5.56 Å². The monoisotopic (exact) mass is 248 g/mol. The van der Waals surface area contributed by atoms with Gasteiger partial charge in [0.25, 0.3) is 0 Å². The second-order valence-electron chi connectivity index (χ2n) is 4.16. The standard InChI is InChI=1S/C14H17ClN2/c1-4-8-17-13-7-6-11(5-2)9-12(13)16-14(17)10(3)15/h4,6-7,9-10H,1,5,8H2,2-3H3. The summed E-state index contributed by atoms with van der Waals surface area (Å²) in [7, 11) is 0. The Kier molecular flexibility index (Phi) is 3.53. The summed E-state index contributed by atoms with van der Waals surface area (Å²) in [5.74, 6) is 0.912. The molecule has 0 aliphatic heterocycles. The van der Waals surface area contributed by atoms with E-state index in [0.29, 0.717) is 0 Å². The van der Waals surface area contributed by atoms with Crippen LogP contribution >= 0.6 is 11.6 Å². The number of aryl methyl sites for hydroxylation is 1. The fourth-order valence-electron chi connectivity index (χ4n) is 2.04. The SMILES string of the molecule is C=CCn1c(C(C)Cl)nc2cc(CC)ccc21. The Hall–Kier alpha value is -1.28. The number of alkyl halides is 1. The lowest BCUT2D eigenvalue weighted by molar-refractivity contribution is 0.758. The van der Waals surface area contributed by atoms with Crippen molar-refractivity contribution in [2.75, 3.05) is 0 Å². The molecular weight excluding hydrogens is 232 g/mol. The van der Waals surface area contributed by atoms with Crippen molar-refractivity contribution in [3.05, 3.63) is 42.2 Å². The van der Waals surface area contributed by atoms with Crippen molar-refractivity contribution >= 4 is 22.6 Å². The van der Waals surface area contributed by atoms with Crippen molar-refractivity contribution in [1.29, 1.82) is 0 Å². The van der Waals surface area contributed by atoms with Gasteiger partial charge < -0.3 is 4.57 Å². The fraction of sp³-hybridized carbons (Fsp3) is 0.357. The number of rotatable bonds is 4. The largest absolute Gasteiger partial charge is 0.323 e. The van der Waals surface area contributed by atoms with Gasteiger partial charge in [0.05, 0.1) is 16.4 Å². The molecule has 1 aromatic carbocycles. The number of imidazole rings is 1. The molecule has 3 heteroatoms. The van der Waals surface area contributed by atoms with Gasteiger partial charge in [-0.25, -0.2) is 4.98 Å². The van der Waals surface area contributed by atoms with Crippen LogP contribution in [0.2, 0.25) is 0 Å². The molecule has 2 aromatic rings. The molecule has 0 aliphatic rings. The quantitative estimate of drug-likeness (QED) is 0.589. The zero-order chi connectivity index (χ0) is 12.4. The predicted octanol–water partition coefficient (Wildman–Crippen LogP) is 4.08. The highest BCUT2D eigenvalue weighted by atomic mass is 35.5. The van der Waals surface area contributed by atoms with Crippen molar-refractivity contribution in [1.82, 2.24) is 9.55 Å². The Balaban J connectivity index is 2.65. The third kappa shape index (κ3) is 2.22. The number of hydrogen-bond donors (Lipinski definition) is 0. The van der Waals surface area contributed by atoms with Gasteiger partial charge in [-0.05, 0) is 31.0 Å². The van der Waals surface area contributed by atoms with Crippen LogP contribution in [0, 0.1) is 0 Å². The zero-order valence-corrected chi connectivity index (χ0v) is 11.0. The summed E-state index contributed by atoms with van der Waals surface area (Å²) in [6.07, 6.45) is 2.90. The maximum absolute atomic E-state index is 6.17. The summed E-state index contributed by atoms with van der Waals surface area (Å²) in [5.41, 5.74) is 3.45. The second kappa shape index (κ2) is 4.92. The summed E-state index contributed by atoms with van der Waals surface area (Å²) in [6.45, 7) is 8.62. The normalized spacial score (nSPS) is 12.9. The van der Waals surface area contributed by atoms with Crippen LogP contribution < -0.4 is 0 Å². The number of halogens is 1. The van der Waals surface area contributed by atoms with Crippen LogP contribution in [0.4, 0.5) is 0 Å². The van der Waals surface area contributed by atoms with E-state index in [0.717, 1.165) is 29.8 Å². The van der Waals surface area contributed by atoms with Crippen LogP contribution in [0.15, 0.2) is 30.9 Å². The minimum Gasteiger partial charge on any atom is -0.323 e. The Morgan fingerprint density at radius 1 is 1.53 bits per heavy atom.